The second kappa shape index (κ2) is 6.97. The standard InChI is InChI=1S/C20H17N5/c1-2-5-15(6-3-1)13-22-19-12-20(24-14-23-19)25-17-8-9-18-16(11-17)7-4-10-21-18/h1-12,14H,13H2,(H2,22,23,24,25). The molecule has 2 aromatic carbocycles. The topological polar surface area (TPSA) is 62.7 Å². The molecule has 0 radical (unpaired) electrons. The summed E-state index contributed by atoms with van der Waals surface area (Å²) >= 11 is 0. The Bertz CT molecular complexity index is 985. The maximum atomic E-state index is 4.33. The molecule has 0 bridgehead atoms. The number of nitrogens with one attached hydrogen (secondary N) is 2. The number of fused-ring (bicyclic) bond motifs is 1. The Labute approximate surface area is 145 Å². The van der Waals surface area contributed by atoms with Gasteiger partial charge in [-0.15, -0.1) is 0 Å². The number of aromatic nitrogens is 3. The fraction of sp³-hybridized carbons (Fsp3) is 0.0500. The van der Waals surface area contributed by atoms with Crippen LogP contribution < -0.4 is 10.6 Å². The third kappa shape index (κ3) is 3.72. The first kappa shape index (κ1) is 15.1. The molecule has 0 aliphatic rings. The number of nitrogens with zero attached hydrogens (tertiary/aromatic N) is 3. The van der Waals surface area contributed by atoms with Gasteiger partial charge >= 0.3 is 0 Å². The summed E-state index contributed by atoms with van der Waals surface area (Å²) in [5.41, 5.74) is 3.15. The summed E-state index contributed by atoms with van der Waals surface area (Å²) in [6.07, 6.45) is 3.35. The van der Waals surface area contributed by atoms with Crippen molar-refractivity contribution >= 4 is 28.2 Å². The summed E-state index contributed by atoms with van der Waals surface area (Å²) in [5.74, 6) is 1.53. The average Bonchev–Trinajstić information content (AvgIpc) is 2.67. The van der Waals surface area contributed by atoms with Crippen molar-refractivity contribution in [2.24, 2.45) is 0 Å². The van der Waals surface area contributed by atoms with Crippen molar-refractivity contribution in [1.82, 2.24) is 15.0 Å². The van der Waals surface area contributed by atoms with Gasteiger partial charge in [0.15, 0.2) is 0 Å². The predicted octanol–water partition coefficient (Wildman–Crippen LogP) is 4.38. The molecule has 2 aromatic heterocycles. The molecule has 2 heterocycles. The van der Waals surface area contributed by atoms with Crippen LogP contribution in [0.5, 0.6) is 0 Å². The van der Waals surface area contributed by atoms with Crippen LogP contribution in [0, 0.1) is 0 Å². The van der Waals surface area contributed by atoms with E-state index in [2.05, 4.69) is 43.8 Å². The van der Waals surface area contributed by atoms with Crippen LogP contribution in [-0.4, -0.2) is 15.0 Å². The molecule has 0 spiro atoms. The second-order valence-corrected chi connectivity index (χ2v) is 5.66. The van der Waals surface area contributed by atoms with E-state index in [4.69, 9.17) is 0 Å². The first-order chi connectivity index (χ1) is 12.4. The third-order valence-electron chi connectivity index (χ3n) is 3.86. The largest absolute Gasteiger partial charge is 0.366 e. The van der Waals surface area contributed by atoms with Crippen molar-refractivity contribution < 1.29 is 0 Å². The molecule has 4 rings (SSSR count). The highest BCUT2D eigenvalue weighted by Crippen LogP contribution is 2.21. The lowest BCUT2D eigenvalue weighted by Gasteiger charge is -2.09. The number of anilines is 3. The van der Waals surface area contributed by atoms with E-state index in [0.29, 0.717) is 0 Å². The SMILES string of the molecule is c1ccc(CNc2cc(Nc3ccc4ncccc4c3)ncn2)cc1. The van der Waals surface area contributed by atoms with Crippen molar-refractivity contribution in [2.75, 3.05) is 10.6 Å². The van der Waals surface area contributed by atoms with Crippen molar-refractivity contribution in [3.8, 4) is 0 Å². The Morgan fingerprint density at radius 2 is 1.64 bits per heavy atom. The Balaban J connectivity index is 1.48. The Kier molecular flexibility index (Phi) is 4.20. The van der Waals surface area contributed by atoms with Gasteiger partial charge < -0.3 is 10.6 Å². The second-order valence-electron chi connectivity index (χ2n) is 5.66. The van der Waals surface area contributed by atoms with Gasteiger partial charge in [0, 0.05) is 29.9 Å². The fourth-order valence-corrected chi connectivity index (χ4v) is 2.61. The summed E-state index contributed by atoms with van der Waals surface area (Å²) in [5, 5.41) is 7.72. The molecule has 0 unspecified atom stereocenters. The molecule has 5 nitrogen and oxygen atoms in total. The lowest BCUT2D eigenvalue weighted by atomic mass is 10.2. The molecule has 0 amide bonds. The van der Waals surface area contributed by atoms with Gasteiger partial charge in [-0.1, -0.05) is 36.4 Å². The Hall–Kier alpha value is -3.47. The van der Waals surface area contributed by atoms with Gasteiger partial charge in [-0.05, 0) is 29.8 Å². The van der Waals surface area contributed by atoms with Gasteiger partial charge in [0.25, 0.3) is 0 Å². The van der Waals surface area contributed by atoms with E-state index in [1.807, 2.05) is 48.5 Å². The zero-order valence-electron chi connectivity index (χ0n) is 13.6. The number of benzene rings is 2. The molecule has 122 valence electrons. The minimum atomic E-state index is 0.721. The van der Waals surface area contributed by atoms with Crippen LogP contribution >= 0.6 is 0 Å². The molecule has 0 aliphatic carbocycles. The minimum absolute atomic E-state index is 0.721. The van der Waals surface area contributed by atoms with E-state index in [0.717, 1.165) is 34.8 Å². The molecular weight excluding hydrogens is 310 g/mol. The monoisotopic (exact) mass is 327 g/mol. The normalized spacial score (nSPS) is 10.6. The van der Waals surface area contributed by atoms with Crippen LogP contribution in [0.2, 0.25) is 0 Å². The van der Waals surface area contributed by atoms with Crippen LogP contribution in [0.1, 0.15) is 5.56 Å². The molecule has 0 atom stereocenters. The lowest BCUT2D eigenvalue weighted by molar-refractivity contribution is 1.08. The Morgan fingerprint density at radius 3 is 2.56 bits per heavy atom. The van der Waals surface area contributed by atoms with Crippen molar-refractivity contribution in [3.63, 3.8) is 0 Å². The number of hydrogen-bond donors (Lipinski definition) is 2. The predicted molar refractivity (Wildman–Crippen MR) is 101 cm³/mol. The van der Waals surface area contributed by atoms with Crippen LogP contribution in [-0.2, 0) is 6.54 Å². The highest BCUT2D eigenvalue weighted by molar-refractivity contribution is 5.83. The molecule has 0 aliphatic heterocycles. The molecule has 2 N–H and O–H groups in total. The molecule has 0 saturated heterocycles. The van der Waals surface area contributed by atoms with Gasteiger partial charge in [-0.2, -0.15) is 0 Å². The summed E-state index contributed by atoms with van der Waals surface area (Å²) in [6.45, 7) is 0.721. The molecule has 0 fully saturated rings. The Morgan fingerprint density at radius 1 is 0.760 bits per heavy atom. The highest BCUT2D eigenvalue weighted by atomic mass is 15.1. The first-order valence-corrected chi connectivity index (χ1v) is 8.08. The summed E-state index contributed by atoms with van der Waals surface area (Å²) in [4.78, 5) is 12.9. The van der Waals surface area contributed by atoms with Gasteiger partial charge in [-0.3, -0.25) is 4.98 Å². The van der Waals surface area contributed by atoms with Gasteiger partial charge in [0.05, 0.1) is 5.52 Å². The summed E-state index contributed by atoms with van der Waals surface area (Å²) in [6, 6.07) is 22.1. The summed E-state index contributed by atoms with van der Waals surface area (Å²) < 4.78 is 0. The van der Waals surface area contributed by atoms with E-state index in [1.54, 1.807) is 12.5 Å². The number of hydrogen-bond acceptors (Lipinski definition) is 5. The smallest absolute Gasteiger partial charge is 0.135 e. The quantitative estimate of drug-likeness (QED) is 0.569. The van der Waals surface area contributed by atoms with E-state index >= 15 is 0 Å². The number of pyridine rings is 1. The third-order valence-corrected chi connectivity index (χ3v) is 3.86. The maximum absolute atomic E-state index is 4.33. The lowest BCUT2D eigenvalue weighted by Crippen LogP contribution is -2.03. The number of rotatable bonds is 5. The van der Waals surface area contributed by atoms with Crippen molar-refractivity contribution in [1.29, 1.82) is 0 Å². The highest BCUT2D eigenvalue weighted by Gasteiger charge is 2.02. The zero-order chi connectivity index (χ0) is 16.9. The van der Waals surface area contributed by atoms with E-state index in [9.17, 15) is 0 Å². The molecule has 0 saturated carbocycles. The molecular formula is C20H17N5. The van der Waals surface area contributed by atoms with Crippen LogP contribution in [0.25, 0.3) is 10.9 Å². The summed E-state index contributed by atoms with van der Waals surface area (Å²) in [7, 11) is 0. The zero-order valence-corrected chi connectivity index (χ0v) is 13.6. The van der Waals surface area contributed by atoms with E-state index < -0.39 is 0 Å². The molecule has 5 heteroatoms. The fourth-order valence-electron chi connectivity index (χ4n) is 2.61. The molecule has 4 aromatic rings. The first-order valence-electron chi connectivity index (χ1n) is 8.08. The van der Waals surface area contributed by atoms with Crippen LogP contribution in [0.4, 0.5) is 17.3 Å². The molecule has 25 heavy (non-hydrogen) atoms. The van der Waals surface area contributed by atoms with Crippen LogP contribution in [0.15, 0.2) is 79.3 Å². The van der Waals surface area contributed by atoms with Gasteiger partial charge in [0.2, 0.25) is 0 Å². The van der Waals surface area contributed by atoms with Crippen LogP contribution in [0.3, 0.4) is 0 Å². The minimum Gasteiger partial charge on any atom is -0.366 e. The van der Waals surface area contributed by atoms with E-state index in [1.165, 1.54) is 5.56 Å². The van der Waals surface area contributed by atoms with Crippen molar-refractivity contribution in [2.45, 2.75) is 6.54 Å². The van der Waals surface area contributed by atoms with Gasteiger partial charge in [0.1, 0.15) is 18.0 Å². The maximum Gasteiger partial charge on any atom is 0.135 e. The van der Waals surface area contributed by atoms with E-state index in [-0.39, 0.29) is 0 Å². The van der Waals surface area contributed by atoms with Crippen molar-refractivity contribution in [3.05, 3.63) is 84.8 Å². The average molecular weight is 327 g/mol. The van der Waals surface area contributed by atoms with Gasteiger partial charge in [-0.25, -0.2) is 9.97 Å².